The van der Waals surface area contributed by atoms with Gasteiger partial charge in [-0.15, -0.1) is 0 Å². The molecule has 2 heterocycles. The summed E-state index contributed by atoms with van der Waals surface area (Å²) < 4.78 is 28.5. The highest BCUT2D eigenvalue weighted by Gasteiger charge is 2.18. The number of hydrogen-bond donors (Lipinski definition) is 1. The van der Waals surface area contributed by atoms with Gasteiger partial charge in [0.05, 0.1) is 6.54 Å². The Morgan fingerprint density at radius 2 is 2.04 bits per heavy atom. The molecule has 3 aromatic rings. The molecule has 1 N–H and O–H groups in total. The van der Waals surface area contributed by atoms with Gasteiger partial charge in [0, 0.05) is 25.0 Å². The van der Waals surface area contributed by atoms with Gasteiger partial charge in [-0.3, -0.25) is 19.0 Å². The van der Waals surface area contributed by atoms with Gasteiger partial charge in [-0.25, -0.2) is 4.98 Å². The number of H-pyrrole nitrogens is 1. The fourth-order valence-corrected chi connectivity index (χ4v) is 2.78. The Hall–Kier alpha value is -2.88. The molecule has 0 fully saturated rings. The topological polar surface area (TPSA) is 71.7 Å². The monoisotopic (exact) mass is 392 g/mol. The zero-order valence-corrected chi connectivity index (χ0v) is 15.6. The summed E-state index contributed by atoms with van der Waals surface area (Å²) in [7, 11) is 1.53. The van der Waals surface area contributed by atoms with Gasteiger partial charge in [-0.1, -0.05) is 29.8 Å². The van der Waals surface area contributed by atoms with E-state index in [-0.39, 0.29) is 24.8 Å². The zero-order chi connectivity index (χ0) is 19.6. The smallest absolute Gasteiger partial charge is 0.319 e. The first-order valence-corrected chi connectivity index (χ1v) is 8.53. The molecule has 7 nitrogen and oxygen atoms in total. The predicted octanol–water partition coefficient (Wildman–Crippen LogP) is 3.17. The number of nitrogens with zero attached hydrogens (tertiary/aromatic N) is 5. The second-order valence-electron chi connectivity index (χ2n) is 6.08. The molecule has 0 bridgehead atoms. The number of halogens is 2. The summed E-state index contributed by atoms with van der Waals surface area (Å²) in [6.45, 7) is -0.837. The van der Waals surface area contributed by atoms with Crippen molar-refractivity contribution < 1.29 is 13.6 Å². The first kappa shape index (κ1) is 18.9. The van der Waals surface area contributed by atoms with E-state index in [1.807, 2.05) is 31.2 Å². The summed E-state index contributed by atoms with van der Waals surface area (Å²) in [6, 6.07) is 7.67. The van der Waals surface area contributed by atoms with Crippen molar-refractivity contribution in [3.8, 4) is 11.4 Å². The Labute approximate surface area is 159 Å². The van der Waals surface area contributed by atoms with Crippen LogP contribution in [0.15, 0.2) is 36.7 Å². The summed E-state index contributed by atoms with van der Waals surface area (Å²) in [5, 5.41) is 6.89. The Morgan fingerprint density at radius 3 is 2.70 bits per heavy atom. The predicted molar refractivity (Wildman–Crippen MR) is 97.5 cm³/mol. The Kier molecular flexibility index (Phi) is 5.45. The Balaban J connectivity index is 1.78. The van der Waals surface area contributed by atoms with E-state index in [1.54, 1.807) is 4.57 Å². The maximum Gasteiger partial charge on any atom is 0.319 e. The van der Waals surface area contributed by atoms with Crippen molar-refractivity contribution in [3.05, 3.63) is 52.8 Å². The summed E-state index contributed by atoms with van der Waals surface area (Å²) in [4.78, 5) is 17.8. The molecule has 0 saturated carbocycles. The molecule has 0 saturated heterocycles. The van der Waals surface area contributed by atoms with Crippen LogP contribution in [0.3, 0.4) is 0 Å². The lowest BCUT2D eigenvalue weighted by molar-refractivity contribution is -0.131. The number of alkyl halides is 2. The van der Waals surface area contributed by atoms with Gasteiger partial charge in [0.15, 0.2) is 10.6 Å². The van der Waals surface area contributed by atoms with Gasteiger partial charge in [-0.05, 0) is 19.1 Å². The third kappa shape index (κ3) is 4.11. The Morgan fingerprint density at radius 1 is 1.33 bits per heavy atom. The number of aryl methyl sites for hydroxylation is 1. The molecule has 0 radical (unpaired) electrons. The highest BCUT2D eigenvalue weighted by Crippen LogP contribution is 2.18. The van der Waals surface area contributed by atoms with Crippen molar-refractivity contribution in [2.75, 3.05) is 7.05 Å². The molecule has 142 valence electrons. The van der Waals surface area contributed by atoms with Gasteiger partial charge in [0.25, 0.3) is 0 Å². The van der Waals surface area contributed by atoms with Crippen LogP contribution >= 0.6 is 12.2 Å². The van der Waals surface area contributed by atoms with Gasteiger partial charge in [0.1, 0.15) is 12.4 Å². The molecule has 3 rings (SSSR count). The summed E-state index contributed by atoms with van der Waals surface area (Å²) >= 11 is 5.23. The molecule has 1 amide bonds. The fraction of sp³-hybridized carbons (Fsp3) is 0.294. The molecule has 0 spiro atoms. The van der Waals surface area contributed by atoms with Crippen molar-refractivity contribution in [2.24, 2.45) is 0 Å². The van der Waals surface area contributed by atoms with Crippen LogP contribution in [-0.4, -0.2) is 42.2 Å². The standard InChI is InChI=1S/C17H18F2N6OS/c1-11-3-5-12(6-4-11)15-21-22-17(27)25(15)10-14(26)23(2)9-13-20-7-8-24(13)16(18)19/h3-8,16H,9-10H2,1-2H3,(H,22,27). The van der Waals surface area contributed by atoms with Crippen LogP contribution < -0.4 is 0 Å². The Bertz CT molecular complexity index is 992. The average Bonchev–Trinajstić information content (AvgIpc) is 3.23. The van der Waals surface area contributed by atoms with E-state index in [2.05, 4.69) is 15.2 Å². The number of carbonyl (C=O) groups is 1. The van der Waals surface area contributed by atoms with Crippen molar-refractivity contribution in [3.63, 3.8) is 0 Å². The van der Waals surface area contributed by atoms with Gasteiger partial charge >= 0.3 is 6.55 Å². The molecule has 0 aliphatic rings. The van der Waals surface area contributed by atoms with E-state index in [4.69, 9.17) is 12.2 Å². The van der Waals surface area contributed by atoms with E-state index in [9.17, 15) is 13.6 Å². The van der Waals surface area contributed by atoms with Crippen LogP contribution in [0.5, 0.6) is 0 Å². The normalized spacial score (nSPS) is 11.1. The molecule has 0 aliphatic carbocycles. The summed E-state index contributed by atoms with van der Waals surface area (Å²) in [5.74, 6) is 0.343. The number of carbonyl (C=O) groups excluding carboxylic acids is 1. The lowest BCUT2D eigenvalue weighted by atomic mass is 10.1. The second kappa shape index (κ2) is 7.78. The number of hydrogen-bond acceptors (Lipinski definition) is 4. The number of imidazole rings is 1. The van der Waals surface area contributed by atoms with Crippen LogP contribution in [0.4, 0.5) is 8.78 Å². The molecule has 0 unspecified atom stereocenters. The molecule has 0 aliphatic heterocycles. The highest BCUT2D eigenvalue weighted by atomic mass is 32.1. The van der Waals surface area contributed by atoms with Crippen LogP contribution in [-0.2, 0) is 17.9 Å². The van der Waals surface area contributed by atoms with Crippen LogP contribution in [0.1, 0.15) is 17.9 Å². The highest BCUT2D eigenvalue weighted by molar-refractivity contribution is 7.71. The first-order valence-electron chi connectivity index (χ1n) is 8.13. The van der Waals surface area contributed by atoms with E-state index in [0.717, 1.165) is 15.7 Å². The number of aromatic nitrogens is 5. The maximum absolute atomic E-state index is 12.9. The minimum atomic E-state index is -2.71. The minimum absolute atomic E-state index is 0.0405. The number of likely N-dealkylation sites (N-methyl/N-ethyl adjacent to an activating group) is 1. The SMILES string of the molecule is Cc1ccc(-c2n[nH]c(=S)n2CC(=O)N(C)Cc2nccn2C(F)F)cc1. The quantitative estimate of drug-likeness (QED) is 0.654. The van der Waals surface area contributed by atoms with Crippen LogP contribution in [0.25, 0.3) is 11.4 Å². The van der Waals surface area contributed by atoms with Crippen molar-refractivity contribution in [2.45, 2.75) is 26.6 Å². The maximum atomic E-state index is 12.9. The number of nitrogens with one attached hydrogen (secondary N) is 1. The van der Waals surface area contributed by atoms with Crippen molar-refractivity contribution >= 4 is 18.1 Å². The summed E-state index contributed by atoms with van der Waals surface area (Å²) in [6.07, 6.45) is 2.46. The van der Waals surface area contributed by atoms with Crippen molar-refractivity contribution in [1.82, 2.24) is 29.2 Å². The lowest BCUT2D eigenvalue weighted by Crippen LogP contribution is -2.31. The van der Waals surface area contributed by atoms with Gasteiger partial charge < -0.3 is 4.90 Å². The zero-order valence-electron chi connectivity index (χ0n) is 14.8. The van der Waals surface area contributed by atoms with E-state index in [0.29, 0.717) is 10.6 Å². The van der Waals surface area contributed by atoms with E-state index >= 15 is 0 Å². The average molecular weight is 392 g/mol. The number of rotatable bonds is 6. The minimum Gasteiger partial charge on any atom is -0.337 e. The molecule has 0 atom stereocenters. The first-order chi connectivity index (χ1) is 12.9. The number of benzene rings is 1. The lowest BCUT2D eigenvalue weighted by Gasteiger charge is -2.18. The van der Waals surface area contributed by atoms with Crippen LogP contribution in [0.2, 0.25) is 0 Å². The molecule has 10 heteroatoms. The fourth-order valence-electron chi connectivity index (χ4n) is 2.59. The van der Waals surface area contributed by atoms with Gasteiger partial charge in [0.2, 0.25) is 5.91 Å². The third-order valence-electron chi connectivity index (χ3n) is 4.12. The second-order valence-corrected chi connectivity index (χ2v) is 6.47. The molecule has 27 heavy (non-hydrogen) atoms. The summed E-state index contributed by atoms with van der Waals surface area (Å²) in [5.41, 5.74) is 1.92. The van der Waals surface area contributed by atoms with Crippen LogP contribution in [0, 0.1) is 11.7 Å². The number of aromatic amines is 1. The number of amides is 1. The molecular formula is C17H18F2N6OS. The third-order valence-corrected chi connectivity index (χ3v) is 4.44. The molecular weight excluding hydrogens is 374 g/mol. The van der Waals surface area contributed by atoms with E-state index < -0.39 is 6.55 Å². The van der Waals surface area contributed by atoms with Gasteiger partial charge in [-0.2, -0.15) is 13.9 Å². The van der Waals surface area contributed by atoms with Crippen molar-refractivity contribution in [1.29, 1.82) is 0 Å². The molecule has 2 aromatic heterocycles. The molecule has 1 aromatic carbocycles. The van der Waals surface area contributed by atoms with E-state index in [1.165, 1.54) is 24.3 Å². The largest absolute Gasteiger partial charge is 0.337 e.